The van der Waals surface area contributed by atoms with Crippen molar-refractivity contribution in [1.29, 1.82) is 0 Å². The Morgan fingerprint density at radius 1 is 1.50 bits per heavy atom. The fraction of sp³-hybridized carbons (Fsp3) is 0.533. The van der Waals surface area contributed by atoms with E-state index < -0.39 is 0 Å². The topological polar surface area (TPSA) is 46.3 Å². The molecular formula is C15H22BrClN2O. The van der Waals surface area contributed by atoms with Crippen LogP contribution >= 0.6 is 28.3 Å². The summed E-state index contributed by atoms with van der Waals surface area (Å²) in [6.07, 6.45) is 2.22. The summed E-state index contributed by atoms with van der Waals surface area (Å²) in [5.74, 6) is 0.583. The Bertz CT molecular complexity index is 481. The van der Waals surface area contributed by atoms with Crippen molar-refractivity contribution in [3.8, 4) is 0 Å². The lowest BCUT2D eigenvalue weighted by Gasteiger charge is -2.39. The monoisotopic (exact) mass is 360 g/mol. The normalized spacial score (nSPS) is 22.3. The van der Waals surface area contributed by atoms with Crippen molar-refractivity contribution in [3.05, 3.63) is 33.8 Å². The predicted octanol–water partition coefficient (Wildman–Crippen LogP) is 3.38. The minimum Gasteiger partial charge on any atom is -0.334 e. The van der Waals surface area contributed by atoms with Crippen LogP contribution in [-0.2, 0) is 0 Å². The highest BCUT2D eigenvalue weighted by molar-refractivity contribution is 9.10. The Balaban J connectivity index is 0.00000200. The minimum atomic E-state index is 0. The predicted molar refractivity (Wildman–Crippen MR) is 88.4 cm³/mol. The number of likely N-dealkylation sites (tertiary alicyclic amines) is 1. The van der Waals surface area contributed by atoms with Gasteiger partial charge in [-0.3, -0.25) is 4.79 Å². The number of amides is 1. The molecule has 1 amide bonds. The van der Waals surface area contributed by atoms with Gasteiger partial charge in [0, 0.05) is 29.2 Å². The van der Waals surface area contributed by atoms with Gasteiger partial charge in [-0.15, -0.1) is 12.4 Å². The lowest BCUT2D eigenvalue weighted by molar-refractivity contribution is 0.0532. The number of halogens is 2. The van der Waals surface area contributed by atoms with Gasteiger partial charge in [0.15, 0.2) is 0 Å². The second-order valence-corrected chi connectivity index (χ2v) is 6.24. The van der Waals surface area contributed by atoms with Crippen LogP contribution in [0.2, 0.25) is 0 Å². The van der Waals surface area contributed by atoms with E-state index in [1.807, 2.05) is 30.0 Å². The van der Waals surface area contributed by atoms with E-state index in [0.717, 1.165) is 35.0 Å². The van der Waals surface area contributed by atoms with Gasteiger partial charge < -0.3 is 10.6 Å². The lowest BCUT2D eigenvalue weighted by atomic mass is 9.90. The smallest absolute Gasteiger partial charge is 0.254 e. The number of rotatable bonds is 2. The number of aryl methyl sites for hydroxylation is 1. The summed E-state index contributed by atoms with van der Waals surface area (Å²) in [4.78, 5) is 14.6. The number of hydrogen-bond acceptors (Lipinski definition) is 2. The van der Waals surface area contributed by atoms with E-state index >= 15 is 0 Å². The molecule has 1 aromatic rings. The van der Waals surface area contributed by atoms with Gasteiger partial charge in [0.2, 0.25) is 0 Å². The molecule has 112 valence electrons. The van der Waals surface area contributed by atoms with Gasteiger partial charge in [0.1, 0.15) is 0 Å². The van der Waals surface area contributed by atoms with E-state index in [1.54, 1.807) is 0 Å². The summed E-state index contributed by atoms with van der Waals surface area (Å²) >= 11 is 3.49. The highest BCUT2D eigenvalue weighted by atomic mass is 79.9. The van der Waals surface area contributed by atoms with Gasteiger partial charge >= 0.3 is 0 Å². The van der Waals surface area contributed by atoms with E-state index in [9.17, 15) is 4.79 Å². The van der Waals surface area contributed by atoms with Crippen LogP contribution < -0.4 is 5.73 Å². The second kappa shape index (κ2) is 7.43. The summed E-state index contributed by atoms with van der Waals surface area (Å²) < 4.78 is 0.979. The number of carbonyl (C=O) groups is 1. The van der Waals surface area contributed by atoms with Gasteiger partial charge in [0.25, 0.3) is 5.91 Å². The van der Waals surface area contributed by atoms with Gasteiger partial charge in [-0.2, -0.15) is 0 Å². The van der Waals surface area contributed by atoms with Crippen LogP contribution in [0.5, 0.6) is 0 Å². The van der Waals surface area contributed by atoms with Gasteiger partial charge in [-0.25, -0.2) is 0 Å². The Morgan fingerprint density at radius 3 is 2.80 bits per heavy atom. The number of hydrogen-bond donors (Lipinski definition) is 1. The quantitative estimate of drug-likeness (QED) is 0.878. The Labute approximate surface area is 135 Å². The number of nitrogens with zero attached hydrogens (tertiary/aromatic N) is 1. The van der Waals surface area contributed by atoms with Crippen LogP contribution in [0.1, 0.15) is 35.7 Å². The third-order valence-corrected chi connectivity index (χ3v) is 4.89. The highest BCUT2D eigenvalue weighted by Gasteiger charge is 2.31. The molecule has 2 rings (SSSR count). The standard InChI is InChI=1S/C15H21BrN2O.ClH/c1-10-5-6-12(8-13(10)16)15(19)18-7-3-4-11(2)14(18)9-17;/h5-6,8,11,14H,3-4,7,9,17H2,1-2H3;1H. The highest BCUT2D eigenvalue weighted by Crippen LogP contribution is 2.25. The summed E-state index contributed by atoms with van der Waals surface area (Å²) in [5, 5.41) is 0. The maximum Gasteiger partial charge on any atom is 0.254 e. The Hall–Kier alpha value is -0.580. The van der Waals surface area contributed by atoms with E-state index in [2.05, 4.69) is 22.9 Å². The molecule has 3 nitrogen and oxygen atoms in total. The van der Waals surface area contributed by atoms with Crippen molar-refractivity contribution in [1.82, 2.24) is 4.90 Å². The fourth-order valence-electron chi connectivity index (χ4n) is 2.75. The van der Waals surface area contributed by atoms with E-state index in [-0.39, 0.29) is 24.4 Å². The summed E-state index contributed by atoms with van der Waals surface area (Å²) in [7, 11) is 0. The third-order valence-electron chi connectivity index (χ3n) is 4.04. The molecule has 1 aliphatic rings. The van der Waals surface area contributed by atoms with E-state index in [1.165, 1.54) is 0 Å². The lowest BCUT2D eigenvalue weighted by Crippen LogP contribution is -2.51. The molecule has 20 heavy (non-hydrogen) atoms. The molecule has 0 aromatic heterocycles. The zero-order valence-electron chi connectivity index (χ0n) is 11.9. The van der Waals surface area contributed by atoms with E-state index in [4.69, 9.17) is 5.73 Å². The van der Waals surface area contributed by atoms with Crippen LogP contribution in [-0.4, -0.2) is 29.9 Å². The van der Waals surface area contributed by atoms with Crippen molar-refractivity contribution in [2.45, 2.75) is 32.7 Å². The van der Waals surface area contributed by atoms with Gasteiger partial charge in [-0.1, -0.05) is 28.9 Å². The number of benzene rings is 1. The summed E-state index contributed by atoms with van der Waals surface area (Å²) in [6.45, 7) is 5.56. The molecule has 0 aliphatic carbocycles. The van der Waals surface area contributed by atoms with Crippen LogP contribution in [0, 0.1) is 12.8 Å². The van der Waals surface area contributed by atoms with E-state index in [0.29, 0.717) is 12.5 Å². The van der Waals surface area contributed by atoms with Crippen LogP contribution in [0.15, 0.2) is 22.7 Å². The maximum atomic E-state index is 12.6. The molecule has 2 N–H and O–H groups in total. The maximum absolute atomic E-state index is 12.6. The molecule has 1 aliphatic heterocycles. The Kier molecular flexibility index (Phi) is 6.49. The van der Waals surface area contributed by atoms with Crippen molar-refractivity contribution in [3.63, 3.8) is 0 Å². The molecule has 0 radical (unpaired) electrons. The Morgan fingerprint density at radius 2 is 2.20 bits per heavy atom. The van der Waals surface area contributed by atoms with Crippen molar-refractivity contribution in [2.75, 3.05) is 13.1 Å². The SMILES string of the molecule is Cc1ccc(C(=O)N2CCCC(C)C2CN)cc1Br.Cl. The first-order valence-corrected chi connectivity index (χ1v) is 7.61. The van der Waals surface area contributed by atoms with Crippen LogP contribution in [0.3, 0.4) is 0 Å². The first-order chi connectivity index (χ1) is 9.04. The first-order valence-electron chi connectivity index (χ1n) is 6.81. The van der Waals surface area contributed by atoms with Gasteiger partial charge in [-0.05, 0) is 43.4 Å². The zero-order valence-corrected chi connectivity index (χ0v) is 14.3. The minimum absolute atomic E-state index is 0. The molecule has 1 heterocycles. The molecule has 1 saturated heterocycles. The van der Waals surface area contributed by atoms with Crippen molar-refractivity contribution >= 4 is 34.2 Å². The molecule has 0 spiro atoms. The molecule has 1 aromatic carbocycles. The average Bonchev–Trinajstić information content (AvgIpc) is 2.40. The second-order valence-electron chi connectivity index (χ2n) is 5.39. The molecule has 2 unspecified atom stereocenters. The molecule has 0 bridgehead atoms. The molecule has 5 heteroatoms. The molecule has 1 fully saturated rings. The summed E-state index contributed by atoms with van der Waals surface area (Å²) in [6, 6.07) is 5.95. The number of piperidine rings is 1. The fourth-order valence-corrected chi connectivity index (χ4v) is 3.13. The van der Waals surface area contributed by atoms with Crippen LogP contribution in [0.25, 0.3) is 0 Å². The average molecular weight is 362 g/mol. The molecular weight excluding hydrogens is 340 g/mol. The van der Waals surface area contributed by atoms with Crippen molar-refractivity contribution < 1.29 is 4.79 Å². The number of nitrogens with two attached hydrogens (primary N) is 1. The van der Waals surface area contributed by atoms with Gasteiger partial charge in [0.05, 0.1) is 0 Å². The van der Waals surface area contributed by atoms with Crippen LogP contribution in [0.4, 0.5) is 0 Å². The molecule has 2 atom stereocenters. The zero-order chi connectivity index (χ0) is 14.0. The third kappa shape index (κ3) is 3.54. The van der Waals surface area contributed by atoms with Crippen molar-refractivity contribution in [2.24, 2.45) is 11.7 Å². The number of carbonyl (C=O) groups excluding carboxylic acids is 1. The molecule has 0 saturated carbocycles. The summed E-state index contributed by atoms with van der Waals surface area (Å²) in [5.41, 5.74) is 7.73. The largest absolute Gasteiger partial charge is 0.334 e. The first kappa shape index (κ1) is 17.5.